The number of anilines is 2. The van der Waals surface area contributed by atoms with Crippen LogP contribution >= 0.6 is 0 Å². The highest BCUT2D eigenvalue weighted by Crippen LogP contribution is 2.54. The number of benzene rings is 2. The third-order valence-electron chi connectivity index (χ3n) is 11.1. The largest absolute Gasteiger partial charge is 0.463 e. The molecule has 0 bridgehead atoms. The van der Waals surface area contributed by atoms with Crippen LogP contribution in [0, 0.1) is 17.8 Å². The molecule has 51 heavy (non-hydrogen) atoms. The maximum absolute atomic E-state index is 15.0. The second-order valence-electron chi connectivity index (χ2n) is 13.9. The Balaban J connectivity index is 1.44. The van der Waals surface area contributed by atoms with Crippen LogP contribution < -0.4 is 15.1 Å². The molecule has 4 aliphatic heterocycles. The monoisotopic (exact) mass is 698 g/mol. The van der Waals surface area contributed by atoms with Gasteiger partial charge in [0.1, 0.15) is 18.2 Å². The Morgan fingerprint density at radius 2 is 1.71 bits per heavy atom. The molecule has 8 atom stereocenters. The number of aliphatic hydroxyl groups excluding tert-OH is 1. The van der Waals surface area contributed by atoms with E-state index in [0.717, 1.165) is 24.3 Å². The maximum Gasteiger partial charge on any atom is 0.306 e. The number of carbonyl (C=O) groups is 4. The lowest BCUT2D eigenvalue weighted by Crippen LogP contribution is -2.59. The van der Waals surface area contributed by atoms with Gasteiger partial charge >= 0.3 is 5.97 Å². The minimum Gasteiger partial charge on any atom is -0.463 e. The zero-order chi connectivity index (χ0) is 36.3. The summed E-state index contributed by atoms with van der Waals surface area (Å²) < 4.78 is 12.5. The van der Waals surface area contributed by atoms with Crippen LogP contribution in [0.25, 0.3) is 0 Å². The van der Waals surface area contributed by atoms with Crippen LogP contribution in [0.2, 0.25) is 0 Å². The van der Waals surface area contributed by atoms with Gasteiger partial charge in [-0.25, -0.2) is 0 Å². The van der Waals surface area contributed by atoms with Crippen LogP contribution in [0.15, 0.2) is 78.9 Å². The summed E-state index contributed by atoms with van der Waals surface area (Å²) in [6.07, 6.45) is 7.48. The molecular weight excluding hydrogens is 648 g/mol. The van der Waals surface area contributed by atoms with E-state index in [2.05, 4.69) is 24.1 Å². The second kappa shape index (κ2) is 15.4. The zero-order valence-electron chi connectivity index (χ0n) is 29.9. The second-order valence-corrected chi connectivity index (χ2v) is 13.9. The van der Waals surface area contributed by atoms with Crippen LogP contribution in [-0.2, 0) is 28.7 Å². The van der Waals surface area contributed by atoms with Gasteiger partial charge in [0, 0.05) is 37.4 Å². The fourth-order valence-electron chi connectivity index (χ4n) is 8.21. The first kappa shape index (κ1) is 36.3. The zero-order valence-corrected chi connectivity index (χ0v) is 29.9. The quantitative estimate of drug-likeness (QED) is 0.295. The Bertz CT molecular complexity index is 1640. The SMILES string of the molecule is CC[C@H](C)[C@H](CO)N1C(=O)[C@H]2[C@@H]3C(=O)N[C@@H](c4ccccc4)COC(=O)CC/C=C\[C@@H]3O[C@]23C=CCN(c2ccc(N(CC)CC)cc2)C(=O)[C@H]13. The molecule has 0 saturated carbocycles. The molecule has 3 amide bonds. The molecule has 272 valence electrons. The third-order valence-corrected chi connectivity index (χ3v) is 11.1. The molecule has 0 aliphatic carbocycles. The molecular formula is C40H50N4O7. The van der Waals surface area contributed by atoms with Gasteiger partial charge < -0.3 is 34.6 Å². The molecule has 2 aromatic carbocycles. The summed E-state index contributed by atoms with van der Waals surface area (Å²) in [6.45, 7) is 9.63. The number of nitrogens with zero attached hydrogens (tertiary/aromatic N) is 3. The van der Waals surface area contributed by atoms with Crippen molar-refractivity contribution < 1.29 is 33.8 Å². The van der Waals surface area contributed by atoms with Crippen molar-refractivity contribution in [2.24, 2.45) is 17.8 Å². The van der Waals surface area contributed by atoms with Crippen LogP contribution in [0.1, 0.15) is 58.6 Å². The summed E-state index contributed by atoms with van der Waals surface area (Å²) in [4.78, 5) is 62.5. The van der Waals surface area contributed by atoms with E-state index in [9.17, 15) is 19.5 Å². The van der Waals surface area contributed by atoms with Crippen molar-refractivity contribution in [2.45, 2.75) is 76.8 Å². The molecule has 2 saturated heterocycles. The Hall–Kier alpha value is -4.48. The van der Waals surface area contributed by atoms with Gasteiger partial charge in [-0.2, -0.15) is 0 Å². The van der Waals surface area contributed by atoms with E-state index in [1.807, 2.05) is 74.5 Å². The van der Waals surface area contributed by atoms with Crippen molar-refractivity contribution >= 4 is 35.1 Å². The van der Waals surface area contributed by atoms with Gasteiger partial charge in [0.25, 0.3) is 5.91 Å². The summed E-state index contributed by atoms with van der Waals surface area (Å²) >= 11 is 0. The standard InChI is InChI=1S/C40H50N4O7/c1-5-26(4)31(24-45)44-36-39(49)43(29-20-18-28(19-21-29)42(6-2)7-3)23-13-22-40(36)35(38(44)48)34-32(51-40)16-11-12-17-33(46)50-25-30(41-37(34)47)27-14-9-8-10-15-27/h8-11,13-16,18-22,26,30-32,34-36,45H,5-7,12,17,23-25H2,1-4H3,(H,41,47)/b16-11-/t26-,30+,31-,32-,34+,35+,36-,40+/m0/s1. The number of aliphatic hydroxyl groups is 1. The van der Waals surface area contributed by atoms with E-state index in [1.165, 1.54) is 4.90 Å². The van der Waals surface area contributed by atoms with Gasteiger partial charge in [-0.1, -0.05) is 74.9 Å². The fraction of sp³-hybridized carbons (Fsp3) is 0.500. The summed E-state index contributed by atoms with van der Waals surface area (Å²) in [5.41, 5.74) is 0.977. The molecule has 1 spiro atoms. The molecule has 11 nitrogen and oxygen atoms in total. The number of likely N-dealkylation sites (tertiary alicyclic amines) is 1. The predicted molar refractivity (Wildman–Crippen MR) is 194 cm³/mol. The number of allylic oxidation sites excluding steroid dienone is 1. The van der Waals surface area contributed by atoms with Crippen molar-refractivity contribution in [1.82, 2.24) is 10.2 Å². The summed E-state index contributed by atoms with van der Waals surface area (Å²) in [7, 11) is 0. The van der Waals surface area contributed by atoms with Gasteiger partial charge in [-0.05, 0) is 56.0 Å². The van der Waals surface area contributed by atoms with Gasteiger partial charge in [-0.3, -0.25) is 19.2 Å². The predicted octanol–water partition coefficient (Wildman–Crippen LogP) is 4.17. The number of nitrogens with one attached hydrogen (secondary N) is 1. The van der Waals surface area contributed by atoms with E-state index in [4.69, 9.17) is 9.47 Å². The van der Waals surface area contributed by atoms with E-state index in [0.29, 0.717) is 18.5 Å². The number of cyclic esters (lactones) is 1. The molecule has 6 rings (SSSR count). The molecule has 2 aromatic rings. The molecule has 4 aliphatic rings. The number of hydrogen-bond donors (Lipinski definition) is 2. The van der Waals surface area contributed by atoms with Crippen molar-refractivity contribution in [2.75, 3.05) is 42.6 Å². The molecule has 0 aromatic heterocycles. The number of fused-ring (bicyclic) bond motifs is 2. The number of hydrogen-bond acceptors (Lipinski definition) is 8. The molecule has 0 unspecified atom stereocenters. The van der Waals surface area contributed by atoms with E-state index in [1.54, 1.807) is 23.1 Å². The summed E-state index contributed by atoms with van der Waals surface area (Å²) in [5.74, 6) is -3.77. The first-order valence-corrected chi connectivity index (χ1v) is 18.3. The van der Waals surface area contributed by atoms with Gasteiger partial charge in [0.2, 0.25) is 11.8 Å². The summed E-state index contributed by atoms with van der Waals surface area (Å²) in [5, 5.41) is 13.9. The van der Waals surface area contributed by atoms with Crippen LogP contribution in [0.4, 0.5) is 11.4 Å². The highest BCUT2D eigenvalue weighted by atomic mass is 16.5. The minimum atomic E-state index is -1.49. The lowest BCUT2D eigenvalue weighted by Gasteiger charge is -2.40. The first-order chi connectivity index (χ1) is 24.7. The number of amides is 3. The van der Waals surface area contributed by atoms with Crippen molar-refractivity contribution in [3.8, 4) is 0 Å². The fourth-order valence-corrected chi connectivity index (χ4v) is 8.21. The lowest BCUT2D eigenvalue weighted by atomic mass is 9.77. The molecule has 11 heteroatoms. The molecule has 2 N–H and O–H groups in total. The Morgan fingerprint density at radius 3 is 2.37 bits per heavy atom. The van der Waals surface area contributed by atoms with Crippen LogP contribution in [-0.4, -0.2) is 90.3 Å². The summed E-state index contributed by atoms with van der Waals surface area (Å²) in [6, 6.07) is 14.6. The van der Waals surface area contributed by atoms with E-state index >= 15 is 4.79 Å². The maximum atomic E-state index is 15.0. The number of rotatable bonds is 9. The van der Waals surface area contributed by atoms with Gasteiger partial charge in [0.05, 0.1) is 36.6 Å². The van der Waals surface area contributed by atoms with E-state index < -0.39 is 53.5 Å². The highest BCUT2D eigenvalue weighted by molar-refractivity contribution is 6.06. The smallest absolute Gasteiger partial charge is 0.306 e. The third kappa shape index (κ3) is 6.69. The van der Waals surface area contributed by atoms with Crippen LogP contribution in [0.3, 0.4) is 0 Å². The van der Waals surface area contributed by atoms with Gasteiger partial charge in [0.15, 0.2) is 0 Å². The normalized spacial score (nSPS) is 29.8. The average molecular weight is 699 g/mol. The van der Waals surface area contributed by atoms with E-state index in [-0.39, 0.29) is 44.0 Å². The number of carbonyl (C=O) groups excluding carboxylic acids is 4. The Morgan fingerprint density at radius 1 is 0.980 bits per heavy atom. The van der Waals surface area contributed by atoms with Crippen molar-refractivity contribution in [3.63, 3.8) is 0 Å². The molecule has 4 heterocycles. The molecule has 2 fully saturated rings. The highest BCUT2D eigenvalue weighted by Gasteiger charge is 2.72. The van der Waals surface area contributed by atoms with Crippen molar-refractivity contribution in [3.05, 3.63) is 84.5 Å². The van der Waals surface area contributed by atoms with Crippen LogP contribution in [0.5, 0.6) is 0 Å². The first-order valence-electron chi connectivity index (χ1n) is 18.3. The van der Waals surface area contributed by atoms with Crippen molar-refractivity contribution in [1.29, 1.82) is 0 Å². The minimum absolute atomic E-state index is 0.0734. The number of ether oxygens (including phenoxy) is 2. The van der Waals surface area contributed by atoms with Gasteiger partial charge in [-0.15, -0.1) is 0 Å². The topological polar surface area (TPSA) is 129 Å². The molecule has 0 radical (unpaired) electrons. The number of esters is 1. The lowest BCUT2D eigenvalue weighted by molar-refractivity contribution is -0.147. The Kier molecular flexibility index (Phi) is 11.0. The average Bonchev–Trinajstić information content (AvgIpc) is 3.53. The Labute approximate surface area is 300 Å².